The number of aryl methyl sites for hydroxylation is 1. The third kappa shape index (κ3) is 2.16. The van der Waals surface area contributed by atoms with Crippen LogP contribution in [0.4, 0.5) is 0 Å². The van der Waals surface area contributed by atoms with Gasteiger partial charge in [-0.2, -0.15) is 0 Å². The van der Waals surface area contributed by atoms with Crippen LogP contribution in [-0.4, -0.2) is 17.8 Å². The fourth-order valence-electron chi connectivity index (χ4n) is 1.85. The minimum absolute atomic E-state index is 0.0118. The Balaban J connectivity index is 2.03. The minimum atomic E-state index is -0.430. The van der Waals surface area contributed by atoms with Crippen molar-refractivity contribution in [1.82, 2.24) is 0 Å². The van der Waals surface area contributed by atoms with Crippen molar-refractivity contribution in [1.29, 1.82) is 0 Å². The van der Waals surface area contributed by atoms with Gasteiger partial charge in [-0.15, -0.1) is 11.3 Å². The molecular formula is C11H16O2S. The van der Waals surface area contributed by atoms with Gasteiger partial charge in [-0.05, 0) is 43.2 Å². The van der Waals surface area contributed by atoms with E-state index in [9.17, 15) is 5.11 Å². The summed E-state index contributed by atoms with van der Waals surface area (Å²) in [5.41, 5.74) is 1.01. The van der Waals surface area contributed by atoms with Crippen LogP contribution >= 0.6 is 11.3 Å². The third-order valence-electron chi connectivity index (χ3n) is 2.66. The van der Waals surface area contributed by atoms with Gasteiger partial charge in [-0.3, -0.25) is 0 Å². The van der Waals surface area contributed by atoms with Crippen molar-refractivity contribution in [3.8, 4) is 0 Å². The molecule has 1 aromatic heterocycles. The molecule has 0 saturated carbocycles. The van der Waals surface area contributed by atoms with E-state index < -0.39 is 6.10 Å². The fourth-order valence-corrected chi connectivity index (χ4v) is 2.58. The van der Waals surface area contributed by atoms with Gasteiger partial charge in [0, 0.05) is 11.5 Å². The molecule has 0 spiro atoms. The zero-order valence-corrected chi connectivity index (χ0v) is 9.22. The van der Waals surface area contributed by atoms with Crippen molar-refractivity contribution in [3.05, 3.63) is 21.9 Å². The van der Waals surface area contributed by atoms with Crippen LogP contribution in [0.1, 0.15) is 35.8 Å². The minimum Gasteiger partial charge on any atom is -0.386 e. The predicted molar refractivity (Wildman–Crippen MR) is 57.6 cm³/mol. The normalized spacial score (nSPS) is 24.9. The first-order valence-electron chi connectivity index (χ1n) is 5.12. The monoisotopic (exact) mass is 212 g/mol. The lowest BCUT2D eigenvalue weighted by molar-refractivity contribution is -0.0632. The first-order valence-corrected chi connectivity index (χ1v) is 6.00. The third-order valence-corrected chi connectivity index (χ3v) is 3.54. The molecule has 0 amide bonds. The topological polar surface area (TPSA) is 29.5 Å². The standard InChI is InChI=1S/C11H16O2S/c1-8-6-9(7-14-8)11(12)10-4-2-3-5-13-10/h6-7,10-12H,2-5H2,1H3. The van der Waals surface area contributed by atoms with E-state index in [1.54, 1.807) is 11.3 Å². The summed E-state index contributed by atoms with van der Waals surface area (Å²) in [4.78, 5) is 1.25. The highest BCUT2D eigenvalue weighted by Crippen LogP contribution is 2.28. The maximum absolute atomic E-state index is 10.0. The van der Waals surface area contributed by atoms with Gasteiger partial charge >= 0.3 is 0 Å². The number of hydrogen-bond donors (Lipinski definition) is 1. The Kier molecular flexibility index (Phi) is 3.21. The van der Waals surface area contributed by atoms with Crippen LogP contribution in [-0.2, 0) is 4.74 Å². The number of hydrogen-bond acceptors (Lipinski definition) is 3. The number of ether oxygens (including phenoxy) is 1. The van der Waals surface area contributed by atoms with Crippen LogP contribution in [0, 0.1) is 6.92 Å². The van der Waals surface area contributed by atoms with Crippen LogP contribution in [0.3, 0.4) is 0 Å². The van der Waals surface area contributed by atoms with Gasteiger partial charge in [0.15, 0.2) is 0 Å². The lowest BCUT2D eigenvalue weighted by Crippen LogP contribution is -2.26. The molecular weight excluding hydrogens is 196 g/mol. The molecule has 1 aromatic rings. The van der Waals surface area contributed by atoms with E-state index in [4.69, 9.17) is 4.74 Å². The average molecular weight is 212 g/mol. The molecule has 2 atom stereocenters. The van der Waals surface area contributed by atoms with Crippen LogP contribution in [0.2, 0.25) is 0 Å². The molecule has 2 heterocycles. The molecule has 2 rings (SSSR count). The van der Waals surface area contributed by atoms with Crippen LogP contribution in [0.5, 0.6) is 0 Å². The van der Waals surface area contributed by atoms with Gasteiger partial charge < -0.3 is 9.84 Å². The summed E-state index contributed by atoms with van der Waals surface area (Å²) in [6, 6.07) is 2.05. The second kappa shape index (κ2) is 4.43. The van der Waals surface area contributed by atoms with E-state index in [1.165, 1.54) is 11.3 Å². The summed E-state index contributed by atoms with van der Waals surface area (Å²) in [5, 5.41) is 12.1. The number of aliphatic hydroxyl groups excluding tert-OH is 1. The second-order valence-corrected chi connectivity index (χ2v) is 4.96. The lowest BCUT2D eigenvalue weighted by Gasteiger charge is -2.26. The molecule has 2 unspecified atom stereocenters. The molecule has 1 N–H and O–H groups in total. The Bertz CT molecular complexity index is 289. The quantitative estimate of drug-likeness (QED) is 0.816. The Morgan fingerprint density at radius 2 is 2.43 bits per heavy atom. The second-order valence-electron chi connectivity index (χ2n) is 3.84. The van der Waals surface area contributed by atoms with Gasteiger partial charge in [-0.1, -0.05) is 0 Å². The molecule has 14 heavy (non-hydrogen) atoms. The van der Waals surface area contributed by atoms with Crippen LogP contribution in [0.25, 0.3) is 0 Å². The summed E-state index contributed by atoms with van der Waals surface area (Å²) < 4.78 is 5.56. The van der Waals surface area contributed by atoms with Gasteiger partial charge in [0.05, 0.1) is 6.10 Å². The lowest BCUT2D eigenvalue weighted by atomic mass is 10.0. The maximum Gasteiger partial charge on any atom is 0.106 e. The Morgan fingerprint density at radius 1 is 1.57 bits per heavy atom. The fraction of sp³-hybridized carbons (Fsp3) is 0.636. The van der Waals surface area contributed by atoms with Gasteiger partial charge in [0.1, 0.15) is 6.10 Å². The molecule has 2 nitrogen and oxygen atoms in total. The highest BCUT2D eigenvalue weighted by molar-refractivity contribution is 7.10. The highest BCUT2D eigenvalue weighted by atomic mass is 32.1. The molecule has 0 aliphatic carbocycles. The molecule has 3 heteroatoms. The van der Waals surface area contributed by atoms with Crippen LogP contribution < -0.4 is 0 Å². The maximum atomic E-state index is 10.0. The van der Waals surface area contributed by atoms with Crippen molar-refractivity contribution >= 4 is 11.3 Å². The molecule has 0 aromatic carbocycles. The summed E-state index contributed by atoms with van der Waals surface area (Å²) in [6.45, 7) is 2.85. The molecule has 1 fully saturated rings. The molecule has 0 radical (unpaired) electrons. The average Bonchev–Trinajstić information content (AvgIpc) is 2.65. The SMILES string of the molecule is Cc1cc(C(O)C2CCCCO2)cs1. The largest absolute Gasteiger partial charge is 0.386 e. The Labute approximate surface area is 88.5 Å². The number of aliphatic hydroxyl groups is 1. The zero-order chi connectivity index (χ0) is 9.97. The van der Waals surface area contributed by atoms with E-state index in [1.807, 2.05) is 11.4 Å². The van der Waals surface area contributed by atoms with E-state index in [0.717, 1.165) is 25.0 Å². The molecule has 78 valence electrons. The Morgan fingerprint density at radius 3 is 3.00 bits per heavy atom. The first-order chi connectivity index (χ1) is 6.77. The van der Waals surface area contributed by atoms with E-state index in [0.29, 0.717) is 0 Å². The Hall–Kier alpha value is -0.380. The van der Waals surface area contributed by atoms with Crippen LogP contribution in [0.15, 0.2) is 11.4 Å². The smallest absolute Gasteiger partial charge is 0.106 e. The molecule has 1 aliphatic heterocycles. The molecule has 1 saturated heterocycles. The summed E-state index contributed by atoms with van der Waals surface area (Å²) in [6.07, 6.45) is 2.87. The predicted octanol–water partition coefficient (Wildman–Crippen LogP) is 2.66. The van der Waals surface area contributed by atoms with Crippen molar-refractivity contribution in [3.63, 3.8) is 0 Å². The van der Waals surface area contributed by atoms with Gasteiger partial charge in [0.25, 0.3) is 0 Å². The summed E-state index contributed by atoms with van der Waals surface area (Å²) in [5.74, 6) is 0. The molecule has 1 aliphatic rings. The number of rotatable bonds is 2. The first kappa shape index (κ1) is 10.1. The zero-order valence-electron chi connectivity index (χ0n) is 8.40. The molecule has 0 bridgehead atoms. The van der Waals surface area contributed by atoms with Crippen molar-refractivity contribution in [2.45, 2.75) is 38.4 Å². The van der Waals surface area contributed by atoms with Gasteiger partial charge in [-0.25, -0.2) is 0 Å². The summed E-state index contributed by atoms with van der Waals surface area (Å²) in [7, 11) is 0. The van der Waals surface area contributed by atoms with Gasteiger partial charge in [0.2, 0.25) is 0 Å². The van der Waals surface area contributed by atoms with E-state index >= 15 is 0 Å². The van der Waals surface area contributed by atoms with Crippen molar-refractivity contribution in [2.75, 3.05) is 6.61 Å². The van der Waals surface area contributed by atoms with E-state index in [-0.39, 0.29) is 6.10 Å². The summed E-state index contributed by atoms with van der Waals surface area (Å²) >= 11 is 1.68. The number of thiophene rings is 1. The van der Waals surface area contributed by atoms with Crippen molar-refractivity contribution < 1.29 is 9.84 Å². The van der Waals surface area contributed by atoms with E-state index in [2.05, 4.69) is 6.92 Å². The van der Waals surface area contributed by atoms with Crippen molar-refractivity contribution in [2.24, 2.45) is 0 Å². The highest BCUT2D eigenvalue weighted by Gasteiger charge is 2.24.